The molecule has 0 bridgehead atoms. The number of amides is 1. The first-order chi connectivity index (χ1) is 7.54. The Morgan fingerprint density at radius 1 is 1.62 bits per heavy atom. The van der Waals surface area contributed by atoms with Crippen molar-refractivity contribution in [2.75, 3.05) is 6.54 Å². The van der Waals surface area contributed by atoms with Crippen molar-refractivity contribution in [2.24, 2.45) is 17.6 Å². The second kappa shape index (κ2) is 6.37. The normalized spacial score (nSPS) is 12.8. The lowest BCUT2D eigenvalue weighted by atomic mass is 9.95. The fourth-order valence-corrected chi connectivity index (χ4v) is 2.82. The molecule has 0 saturated heterocycles. The Morgan fingerprint density at radius 3 is 2.75 bits per heavy atom. The minimum Gasteiger partial charge on any atom is -0.351 e. The maximum Gasteiger partial charge on any atom is 0.224 e. The molecule has 16 heavy (non-hydrogen) atoms. The van der Waals surface area contributed by atoms with Crippen LogP contribution in [0.25, 0.3) is 0 Å². The molecule has 1 aromatic heterocycles. The van der Waals surface area contributed by atoms with Crippen LogP contribution in [0.2, 0.25) is 0 Å². The molecule has 5 heteroatoms. The lowest BCUT2D eigenvalue weighted by Crippen LogP contribution is -2.37. The maximum absolute atomic E-state index is 11.8. The van der Waals surface area contributed by atoms with Gasteiger partial charge in [-0.3, -0.25) is 4.79 Å². The summed E-state index contributed by atoms with van der Waals surface area (Å²) < 4.78 is 1.06. The minimum absolute atomic E-state index is 0.0435. The third-order valence-corrected chi connectivity index (χ3v) is 4.15. The van der Waals surface area contributed by atoms with Gasteiger partial charge in [-0.1, -0.05) is 13.8 Å². The van der Waals surface area contributed by atoms with Crippen LogP contribution in [0, 0.1) is 11.8 Å². The highest BCUT2D eigenvalue weighted by Gasteiger charge is 2.19. The number of hydrogen-bond donors (Lipinski definition) is 2. The van der Waals surface area contributed by atoms with E-state index in [4.69, 9.17) is 5.73 Å². The molecule has 90 valence electrons. The van der Waals surface area contributed by atoms with E-state index in [9.17, 15) is 4.79 Å². The second-order valence-electron chi connectivity index (χ2n) is 4.04. The summed E-state index contributed by atoms with van der Waals surface area (Å²) in [6.45, 7) is 5.01. The fraction of sp³-hybridized carbons (Fsp3) is 0.545. The summed E-state index contributed by atoms with van der Waals surface area (Å²) in [4.78, 5) is 12.9. The van der Waals surface area contributed by atoms with Crippen LogP contribution >= 0.6 is 27.3 Å². The van der Waals surface area contributed by atoms with Crippen molar-refractivity contribution >= 4 is 33.2 Å². The van der Waals surface area contributed by atoms with Crippen LogP contribution in [0.5, 0.6) is 0 Å². The number of carbonyl (C=O) groups excluding carboxylic acids is 1. The summed E-state index contributed by atoms with van der Waals surface area (Å²) in [7, 11) is 0. The van der Waals surface area contributed by atoms with Crippen LogP contribution in [0.15, 0.2) is 15.9 Å². The largest absolute Gasteiger partial charge is 0.351 e. The molecule has 0 aliphatic rings. The first kappa shape index (κ1) is 13.7. The third-order valence-electron chi connectivity index (χ3n) is 2.45. The van der Waals surface area contributed by atoms with E-state index in [1.807, 2.05) is 25.3 Å². The van der Waals surface area contributed by atoms with Crippen LogP contribution < -0.4 is 11.1 Å². The van der Waals surface area contributed by atoms with E-state index in [0.29, 0.717) is 13.1 Å². The van der Waals surface area contributed by atoms with Crippen LogP contribution in [-0.2, 0) is 11.3 Å². The first-order valence-electron chi connectivity index (χ1n) is 5.25. The molecule has 1 amide bonds. The van der Waals surface area contributed by atoms with Crippen molar-refractivity contribution in [3.05, 3.63) is 20.8 Å². The van der Waals surface area contributed by atoms with Gasteiger partial charge in [0.2, 0.25) is 5.91 Å². The molecule has 0 saturated carbocycles. The molecule has 3 nitrogen and oxygen atoms in total. The van der Waals surface area contributed by atoms with E-state index in [1.54, 1.807) is 11.3 Å². The number of thiophene rings is 1. The van der Waals surface area contributed by atoms with E-state index in [2.05, 4.69) is 21.2 Å². The Balaban J connectivity index is 2.45. The Kier molecular flexibility index (Phi) is 5.44. The van der Waals surface area contributed by atoms with Crippen molar-refractivity contribution in [1.82, 2.24) is 5.32 Å². The molecule has 0 fully saturated rings. The van der Waals surface area contributed by atoms with Crippen molar-refractivity contribution in [2.45, 2.75) is 20.4 Å². The van der Waals surface area contributed by atoms with Gasteiger partial charge >= 0.3 is 0 Å². The molecule has 0 aliphatic carbocycles. The summed E-state index contributed by atoms with van der Waals surface area (Å²) in [5.74, 6) is 0.227. The predicted molar refractivity (Wildman–Crippen MR) is 71.2 cm³/mol. The monoisotopic (exact) mass is 304 g/mol. The number of rotatable bonds is 5. The maximum atomic E-state index is 11.8. The number of carbonyl (C=O) groups is 1. The zero-order chi connectivity index (χ0) is 12.1. The Hall–Kier alpha value is -0.390. The summed E-state index contributed by atoms with van der Waals surface area (Å²) in [6.07, 6.45) is 0. The molecule has 1 heterocycles. The predicted octanol–water partition coefficient (Wildman–Crippen LogP) is 2.36. The van der Waals surface area contributed by atoms with Gasteiger partial charge in [0, 0.05) is 21.3 Å². The average Bonchev–Trinajstić information content (AvgIpc) is 2.62. The summed E-state index contributed by atoms with van der Waals surface area (Å²) in [5.41, 5.74) is 5.58. The van der Waals surface area contributed by atoms with Crippen LogP contribution in [-0.4, -0.2) is 12.5 Å². The molecule has 1 atom stereocenters. The molecular weight excluding hydrogens is 288 g/mol. The van der Waals surface area contributed by atoms with E-state index in [1.165, 1.54) is 0 Å². The van der Waals surface area contributed by atoms with Gasteiger partial charge in [0.15, 0.2) is 0 Å². The lowest BCUT2D eigenvalue weighted by molar-refractivity contribution is -0.126. The second-order valence-corrected chi connectivity index (χ2v) is 5.95. The molecule has 1 unspecified atom stereocenters. The lowest BCUT2D eigenvalue weighted by Gasteiger charge is -2.17. The molecule has 1 aromatic rings. The SMILES string of the molecule is CC(C)C(CN)C(=O)NCc1cc(Br)cs1. The van der Waals surface area contributed by atoms with Crippen LogP contribution in [0.4, 0.5) is 0 Å². The minimum atomic E-state index is -0.0941. The van der Waals surface area contributed by atoms with Crippen molar-refractivity contribution < 1.29 is 4.79 Å². The highest BCUT2D eigenvalue weighted by Crippen LogP contribution is 2.19. The standard InChI is InChI=1S/C11H17BrN2OS/c1-7(2)10(4-13)11(15)14-5-9-3-8(12)6-16-9/h3,6-7,10H,4-5,13H2,1-2H3,(H,14,15). The van der Waals surface area contributed by atoms with Crippen LogP contribution in [0.3, 0.4) is 0 Å². The quantitative estimate of drug-likeness (QED) is 0.877. The number of hydrogen-bond acceptors (Lipinski definition) is 3. The van der Waals surface area contributed by atoms with Gasteiger partial charge in [-0.05, 0) is 27.9 Å². The zero-order valence-electron chi connectivity index (χ0n) is 9.50. The molecule has 0 aliphatic heterocycles. The van der Waals surface area contributed by atoms with Gasteiger partial charge in [0.1, 0.15) is 0 Å². The van der Waals surface area contributed by atoms with Crippen molar-refractivity contribution in [3.63, 3.8) is 0 Å². The Labute approximate surface area is 109 Å². The molecular formula is C11H17BrN2OS. The van der Waals surface area contributed by atoms with Crippen molar-refractivity contribution in [3.8, 4) is 0 Å². The highest BCUT2D eigenvalue weighted by molar-refractivity contribution is 9.10. The zero-order valence-corrected chi connectivity index (χ0v) is 11.9. The topological polar surface area (TPSA) is 55.1 Å². The number of halogens is 1. The van der Waals surface area contributed by atoms with E-state index < -0.39 is 0 Å². The summed E-state index contributed by atoms with van der Waals surface area (Å²) >= 11 is 5.01. The van der Waals surface area contributed by atoms with Gasteiger partial charge in [0.05, 0.1) is 12.5 Å². The van der Waals surface area contributed by atoms with Crippen LogP contribution in [0.1, 0.15) is 18.7 Å². The molecule has 0 radical (unpaired) electrons. The first-order valence-corrected chi connectivity index (χ1v) is 6.92. The Bertz CT molecular complexity index is 352. The molecule has 3 N–H and O–H groups in total. The van der Waals surface area contributed by atoms with Gasteiger partial charge in [-0.2, -0.15) is 0 Å². The molecule has 0 spiro atoms. The van der Waals surface area contributed by atoms with E-state index in [0.717, 1.165) is 9.35 Å². The summed E-state index contributed by atoms with van der Waals surface area (Å²) in [5, 5.41) is 4.92. The number of nitrogens with one attached hydrogen (secondary N) is 1. The average molecular weight is 305 g/mol. The number of nitrogens with two attached hydrogens (primary N) is 1. The molecule has 0 aromatic carbocycles. The third kappa shape index (κ3) is 3.88. The van der Waals surface area contributed by atoms with E-state index >= 15 is 0 Å². The van der Waals surface area contributed by atoms with Crippen molar-refractivity contribution in [1.29, 1.82) is 0 Å². The summed E-state index contributed by atoms with van der Waals surface area (Å²) in [6, 6.07) is 2.01. The van der Waals surface area contributed by atoms with Gasteiger partial charge in [0.25, 0.3) is 0 Å². The van der Waals surface area contributed by atoms with E-state index in [-0.39, 0.29) is 17.7 Å². The molecule has 1 rings (SSSR count). The van der Waals surface area contributed by atoms with Gasteiger partial charge in [-0.15, -0.1) is 11.3 Å². The smallest absolute Gasteiger partial charge is 0.224 e. The highest BCUT2D eigenvalue weighted by atomic mass is 79.9. The Morgan fingerprint density at radius 2 is 2.31 bits per heavy atom. The fourth-order valence-electron chi connectivity index (χ4n) is 1.43. The van der Waals surface area contributed by atoms with Gasteiger partial charge in [-0.25, -0.2) is 0 Å². The van der Waals surface area contributed by atoms with Gasteiger partial charge < -0.3 is 11.1 Å².